The zero-order valence-corrected chi connectivity index (χ0v) is 8.94. The Hall–Kier alpha value is -1.35. The lowest BCUT2D eigenvalue weighted by Gasteiger charge is -2.10. The summed E-state index contributed by atoms with van der Waals surface area (Å²) >= 11 is 0. The summed E-state index contributed by atoms with van der Waals surface area (Å²) in [6, 6.07) is 8.07. The van der Waals surface area contributed by atoms with E-state index in [9.17, 15) is 4.79 Å². The molecule has 3 nitrogen and oxygen atoms in total. The zero-order chi connectivity index (χ0) is 11.3. The number of hydrogen-bond acceptors (Lipinski definition) is 2. The van der Waals surface area contributed by atoms with Gasteiger partial charge < -0.3 is 10.8 Å². The van der Waals surface area contributed by atoms with Gasteiger partial charge in [0.2, 0.25) is 0 Å². The summed E-state index contributed by atoms with van der Waals surface area (Å²) < 4.78 is 0. The molecule has 3 heteroatoms. The molecule has 0 saturated carbocycles. The first-order valence-corrected chi connectivity index (χ1v) is 5.11. The molecule has 0 aromatic heterocycles. The third-order valence-corrected chi connectivity index (χ3v) is 2.31. The van der Waals surface area contributed by atoms with Crippen molar-refractivity contribution in [2.75, 3.05) is 0 Å². The fourth-order valence-electron chi connectivity index (χ4n) is 1.55. The maximum atomic E-state index is 10.4. The van der Waals surface area contributed by atoms with Gasteiger partial charge in [0.15, 0.2) is 0 Å². The van der Waals surface area contributed by atoms with Crippen molar-refractivity contribution in [2.24, 2.45) is 5.73 Å². The average molecular weight is 207 g/mol. The average Bonchev–Trinajstić information content (AvgIpc) is 2.15. The summed E-state index contributed by atoms with van der Waals surface area (Å²) in [5, 5.41) is 8.52. The minimum absolute atomic E-state index is 0.0668. The van der Waals surface area contributed by atoms with Crippen LogP contribution < -0.4 is 5.73 Å². The number of carboxylic acids is 1. The Morgan fingerprint density at radius 2 is 2.27 bits per heavy atom. The van der Waals surface area contributed by atoms with Crippen LogP contribution in [-0.2, 0) is 11.2 Å². The Balaban J connectivity index is 2.44. The number of aliphatic carboxylic acids is 1. The molecule has 0 aliphatic carbocycles. The minimum atomic E-state index is -0.783. The minimum Gasteiger partial charge on any atom is -0.481 e. The van der Waals surface area contributed by atoms with Crippen molar-refractivity contribution in [3.8, 4) is 0 Å². The fourth-order valence-corrected chi connectivity index (χ4v) is 1.55. The van der Waals surface area contributed by atoms with Gasteiger partial charge in [0.05, 0.1) is 0 Å². The lowest BCUT2D eigenvalue weighted by Crippen LogP contribution is -2.23. The molecule has 0 fully saturated rings. The van der Waals surface area contributed by atoms with Crippen LogP contribution in [0.1, 0.15) is 24.0 Å². The van der Waals surface area contributed by atoms with Gasteiger partial charge in [0.25, 0.3) is 0 Å². The van der Waals surface area contributed by atoms with Gasteiger partial charge in [-0.25, -0.2) is 0 Å². The molecule has 0 bridgehead atoms. The summed E-state index contributed by atoms with van der Waals surface area (Å²) in [6.45, 7) is 2.03. The van der Waals surface area contributed by atoms with Crippen LogP contribution in [0.5, 0.6) is 0 Å². The summed E-state index contributed by atoms with van der Waals surface area (Å²) in [6.07, 6.45) is 1.42. The summed E-state index contributed by atoms with van der Waals surface area (Å²) in [7, 11) is 0. The van der Waals surface area contributed by atoms with Crippen LogP contribution in [0.15, 0.2) is 24.3 Å². The van der Waals surface area contributed by atoms with Crippen molar-refractivity contribution in [3.63, 3.8) is 0 Å². The fraction of sp³-hybridized carbons (Fsp3) is 0.417. The number of aryl methyl sites for hydroxylation is 1. The second-order valence-corrected chi connectivity index (χ2v) is 3.89. The number of carboxylic acid groups (broad SMARTS) is 1. The molecule has 1 aromatic carbocycles. The quantitative estimate of drug-likeness (QED) is 0.772. The van der Waals surface area contributed by atoms with E-state index in [1.165, 1.54) is 11.1 Å². The smallest absolute Gasteiger partial charge is 0.303 e. The van der Waals surface area contributed by atoms with E-state index < -0.39 is 5.97 Å². The monoisotopic (exact) mass is 207 g/mol. The molecule has 15 heavy (non-hydrogen) atoms. The van der Waals surface area contributed by atoms with Crippen LogP contribution in [0.4, 0.5) is 0 Å². The zero-order valence-electron chi connectivity index (χ0n) is 8.94. The molecule has 1 aromatic rings. The lowest BCUT2D eigenvalue weighted by molar-refractivity contribution is -0.137. The summed E-state index contributed by atoms with van der Waals surface area (Å²) in [4.78, 5) is 10.4. The molecule has 0 heterocycles. The van der Waals surface area contributed by atoms with Crippen molar-refractivity contribution in [1.82, 2.24) is 0 Å². The van der Waals surface area contributed by atoms with Crippen molar-refractivity contribution in [1.29, 1.82) is 0 Å². The molecule has 3 N–H and O–H groups in total. The number of benzene rings is 1. The predicted octanol–water partition coefficient (Wildman–Crippen LogP) is 1.73. The van der Waals surface area contributed by atoms with Crippen molar-refractivity contribution >= 4 is 5.97 Å². The number of hydrogen-bond donors (Lipinski definition) is 2. The lowest BCUT2D eigenvalue weighted by atomic mass is 10.0. The van der Waals surface area contributed by atoms with Gasteiger partial charge in [0.1, 0.15) is 0 Å². The maximum absolute atomic E-state index is 10.4. The Bertz CT molecular complexity index is 336. The van der Waals surface area contributed by atoms with Crippen LogP contribution in [0.2, 0.25) is 0 Å². The first kappa shape index (κ1) is 11.7. The maximum Gasteiger partial charge on any atom is 0.303 e. The molecule has 0 aliphatic heterocycles. The van der Waals surface area contributed by atoms with E-state index >= 15 is 0 Å². The Morgan fingerprint density at radius 1 is 1.53 bits per heavy atom. The van der Waals surface area contributed by atoms with E-state index in [1.807, 2.05) is 25.1 Å². The van der Waals surface area contributed by atoms with E-state index in [4.69, 9.17) is 10.8 Å². The van der Waals surface area contributed by atoms with Crippen molar-refractivity contribution < 1.29 is 9.90 Å². The van der Waals surface area contributed by atoms with Crippen LogP contribution >= 0.6 is 0 Å². The SMILES string of the molecule is Cc1cccc(CC(N)CCC(=O)O)c1. The molecule has 0 spiro atoms. The highest BCUT2D eigenvalue weighted by atomic mass is 16.4. The molecule has 1 rings (SSSR count). The van der Waals surface area contributed by atoms with Gasteiger partial charge in [-0.3, -0.25) is 4.79 Å². The second-order valence-electron chi connectivity index (χ2n) is 3.89. The highest BCUT2D eigenvalue weighted by Crippen LogP contribution is 2.08. The molecule has 1 unspecified atom stereocenters. The first-order chi connectivity index (χ1) is 7.08. The standard InChI is InChI=1S/C12H17NO2/c1-9-3-2-4-10(7-9)8-11(13)5-6-12(14)15/h2-4,7,11H,5-6,8,13H2,1H3,(H,14,15). The third kappa shape index (κ3) is 4.61. The van der Waals surface area contributed by atoms with Crippen LogP contribution in [0.3, 0.4) is 0 Å². The topological polar surface area (TPSA) is 63.3 Å². The van der Waals surface area contributed by atoms with Gasteiger partial charge >= 0.3 is 5.97 Å². The van der Waals surface area contributed by atoms with E-state index in [2.05, 4.69) is 6.07 Å². The predicted molar refractivity (Wildman–Crippen MR) is 59.7 cm³/mol. The highest BCUT2D eigenvalue weighted by Gasteiger charge is 2.06. The van der Waals surface area contributed by atoms with Gasteiger partial charge in [-0.15, -0.1) is 0 Å². The van der Waals surface area contributed by atoms with Gasteiger partial charge in [-0.2, -0.15) is 0 Å². The van der Waals surface area contributed by atoms with E-state index in [-0.39, 0.29) is 12.5 Å². The van der Waals surface area contributed by atoms with Crippen LogP contribution in [0.25, 0.3) is 0 Å². The van der Waals surface area contributed by atoms with E-state index in [0.717, 1.165) is 6.42 Å². The number of nitrogens with two attached hydrogens (primary N) is 1. The van der Waals surface area contributed by atoms with Crippen LogP contribution in [0, 0.1) is 6.92 Å². The Morgan fingerprint density at radius 3 is 2.87 bits per heavy atom. The summed E-state index contributed by atoms with van der Waals surface area (Å²) in [5.74, 6) is -0.783. The normalized spacial score (nSPS) is 12.4. The summed E-state index contributed by atoms with van der Waals surface area (Å²) in [5.41, 5.74) is 8.22. The highest BCUT2D eigenvalue weighted by molar-refractivity contribution is 5.66. The van der Waals surface area contributed by atoms with E-state index in [1.54, 1.807) is 0 Å². The second kappa shape index (κ2) is 5.51. The third-order valence-electron chi connectivity index (χ3n) is 2.31. The van der Waals surface area contributed by atoms with Gasteiger partial charge in [0, 0.05) is 12.5 Å². The van der Waals surface area contributed by atoms with Crippen molar-refractivity contribution in [2.45, 2.75) is 32.2 Å². The molecular weight excluding hydrogens is 190 g/mol. The van der Waals surface area contributed by atoms with Gasteiger partial charge in [-0.1, -0.05) is 29.8 Å². The molecule has 82 valence electrons. The largest absolute Gasteiger partial charge is 0.481 e. The molecular formula is C12H17NO2. The molecule has 1 atom stereocenters. The number of rotatable bonds is 5. The number of carbonyl (C=O) groups is 1. The van der Waals surface area contributed by atoms with E-state index in [0.29, 0.717) is 6.42 Å². The van der Waals surface area contributed by atoms with Crippen molar-refractivity contribution in [3.05, 3.63) is 35.4 Å². The molecule has 0 amide bonds. The Kier molecular flexibility index (Phi) is 4.31. The molecule has 0 saturated heterocycles. The molecule has 0 aliphatic rings. The van der Waals surface area contributed by atoms with Crippen LogP contribution in [-0.4, -0.2) is 17.1 Å². The first-order valence-electron chi connectivity index (χ1n) is 5.11. The molecule has 0 radical (unpaired) electrons. The van der Waals surface area contributed by atoms with Gasteiger partial charge in [-0.05, 0) is 25.3 Å². The Labute approximate surface area is 89.9 Å².